The highest BCUT2D eigenvalue weighted by Crippen LogP contribution is 2.18. The van der Waals surface area contributed by atoms with Crippen molar-refractivity contribution in [3.63, 3.8) is 0 Å². The van der Waals surface area contributed by atoms with E-state index in [9.17, 15) is 4.79 Å². The molecule has 1 amide bonds. The maximum absolute atomic E-state index is 12.4. The number of hydrogen-bond donors (Lipinski definition) is 1. The molecule has 3 rings (SSSR count). The number of thiazole rings is 1. The summed E-state index contributed by atoms with van der Waals surface area (Å²) in [5, 5.41) is 11.3. The highest BCUT2D eigenvalue weighted by atomic mass is 32.1. The van der Waals surface area contributed by atoms with Gasteiger partial charge >= 0.3 is 0 Å². The van der Waals surface area contributed by atoms with Gasteiger partial charge in [-0.1, -0.05) is 30.3 Å². The summed E-state index contributed by atoms with van der Waals surface area (Å²) in [5.74, 6) is -0.124. The lowest BCUT2D eigenvalue weighted by Crippen LogP contribution is -2.32. The Morgan fingerprint density at radius 2 is 2.00 bits per heavy atom. The zero-order chi connectivity index (χ0) is 15.4. The van der Waals surface area contributed by atoms with E-state index in [1.165, 1.54) is 11.3 Å². The molecule has 0 unspecified atom stereocenters. The Bertz CT molecular complexity index is 738. The van der Waals surface area contributed by atoms with E-state index in [1.807, 2.05) is 37.3 Å². The first-order valence-electron chi connectivity index (χ1n) is 6.84. The van der Waals surface area contributed by atoms with Crippen molar-refractivity contribution in [1.82, 2.24) is 25.3 Å². The summed E-state index contributed by atoms with van der Waals surface area (Å²) >= 11 is 1.34. The van der Waals surface area contributed by atoms with Crippen LogP contribution in [0, 0.1) is 6.92 Å². The molecule has 3 aromatic rings. The molecule has 2 heterocycles. The van der Waals surface area contributed by atoms with Gasteiger partial charge in [-0.3, -0.25) is 4.79 Å². The molecule has 7 heteroatoms. The van der Waals surface area contributed by atoms with Crippen LogP contribution < -0.4 is 5.32 Å². The van der Waals surface area contributed by atoms with E-state index in [0.717, 1.165) is 11.3 Å². The van der Waals surface area contributed by atoms with Crippen LogP contribution in [0.2, 0.25) is 0 Å². The molecule has 1 aromatic carbocycles. The molecule has 0 aliphatic heterocycles. The van der Waals surface area contributed by atoms with E-state index in [4.69, 9.17) is 0 Å². The molecule has 0 saturated heterocycles. The molecule has 0 saturated carbocycles. The minimum atomic E-state index is -0.206. The summed E-state index contributed by atoms with van der Waals surface area (Å²) in [5.41, 5.74) is 3.43. The van der Waals surface area contributed by atoms with Crippen LogP contribution in [0.4, 0.5) is 0 Å². The van der Waals surface area contributed by atoms with Crippen LogP contribution in [0.5, 0.6) is 0 Å². The molecule has 0 spiro atoms. The maximum Gasteiger partial charge on any atom is 0.263 e. The Labute approximate surface area is 131 Å². The zero-order valence-electron chi connectivity index (χ0n) is 12.0. The monoisotopic (exact) mass is 313 g/mol. The number of nitrogens with one attached hydrogen (secondary N) is 1. The molecule has 2 aromatic heterocycles. The molecule has 0 aliphatic rings. The Balaban J connectivity index is 1.82. The third kappa shape index (κ3) is 3.20. The summed E-state index contributed by atoms with van der Waals surface area (Å²) in [6.45, 7) is 2.30. The van der Waals surface area contributed by atoms with E-state index in [0.29, 0.717) is 11.4 Å². The summed E-state index contributed by atoms with van der Waals surface area (Å²) in [7, 11) is 0. The number of carbonyl (C=O) groups is 1. The highest BCUT2D eigenvalue weighted by Gasteiger charge is 2.19. The van der Waals surface area contributed by atoms with Crippen molar-refractivity contribution in [1.29, 1.82) is 0 Å². The summed E-state index contributed by atoms with van der Waals surface area (Å²) in [6.07, 6.45) is 3.24. The van der Waals surface area contributed by atoms with Gasteiger partial charge in [0.05, 0.1) is 36.2 Å². The van der Waals surface area contributed by atoms with E-state index in [2.05, 4.69) is 20.5 Å². The maximum atomic E-state index is 12.4. The van der Waals surface area contributed by atoms with Crippen LogP contribution >= 0.6 is 11.3 Å². The fourth-order valence-corrected chi connectivity index (χ4v) is 2.87. The van der Waals surface area contributed by atoms with Gasteiger partial charge in [0, 0.05) is 0 Å². The smallest absolute Gasteiger partial charge is 0.263 e. The summed E-state index contributed by atoms with van der Waals surface area (Å²) < 4.78 is 0. The third-order valence-corrected chi connectivity index (χ3v) is 4.20. The van der Waals surface area contributed by atoms with Gasteiger partial charge in [-0.2, -0.15) is 15.0 Å². The van der Waals surface area contributed by atoms with Crippen molar-refractivity contribution in [2.75, 3.05) is 0 Å². The number of nitrogens with zero attached hydrogens (tertiary/aromatic N) is 4. The quantitative estimate of drug-likeness (QED) is 0.784. The van der Waals surface area contributed by atoms with Gasteiger partial charge in [0.15, 0.2) is 0 Å². The third-order valence-electron chi connectivity index (χ3n) is 3.27. The van der Waals surface area contributed by atoms with Crippen molar-refractivity contribution >= 4 is 17.2 Å². The average Bonchev–Trinajstić information content (AvgIpc) is 3.19. The lowest BCUT2D eigenvalue weighted by atomic mass is 10.1. The number of aromatic nitrogens is 4. The zero-order valence-corrected chi connectivity index (χ0v) is 12.8. The molecular weight excluding hydrogens is 298 g/mol. The number of amides is 1. The van der Waals surface area contributed by atoms with E-state index in [1.54, 1.807) is 22.7 Å². The van der Waals surface area contributed by atoms with Gasteiger partial charge in [-0.25, -0.2) is 4.98 Å². The fourth-order valence-electron chi connectivity index (χ4n) is 2.16. The summed E-state index contributed by atoms with van der Waals surface area (Å²) in [6, 6.07) is 9.60. The largest absolute Gasteiger partial charge is 0.343 e. The van der Waals surface area contributed by atoms with Crippen LogP contribution in [0.25, 0.3) is 0 Å². The molecule has 0 fully saturated rings. The second-order valence-corrected chi connectivity index (χ2v) is 5.64. The van der Waals surface area contributed by atoms with Gasteiger partial charge in [-0.05, 0) is 12.5 Å². The van der Waals surface area contributed by atoms with Crippen LogP contribution in [-0.4, -0.2) is 25.9 Å². The van der Waals surface area contributed by atoms with Gasteiger partial charge in [0.2, 0.25) is 0 Å². The topological polar surface area (TPSA) is 72.7 Å². The number of carbonyl (C=O) groups excluding carboxylic acids is 1. The van der Waals surface area contributed by atoms with Crippen molar-refractivity contribution in [3.05, 3.63) is 64.4 Å². The van der Waals surface area contributed by atoms with E-state index < -0.39 is 0 Å². The molecular formula is C15H15N5OS. The van der Waals surface area contributed by atoms with Crippen molar-refractivity contribution < 1.29 is 4.79 Å². The first-order valence-corrected chi connectivity index (χ1v) is 7.72. The lowest BCUT2D eigenvalue weighted by molar-refractivity contribution is 0.0934. The molecule has 0 aliphatic carbocycles. The van der Waals surface area contributed by atoms with Crippen molar-refractivity contribution in [2.45, 2.75) is 19.5 Å². The standard InChI is InChI=1S/C15H15N5OS/c1-11-14(22-10-16-11)15(21)19-13(9-20-17-7-8-18-20)12-5-3-2-4-6-12/h2-8,10,13H,9H2,1H3,(H,19,21)/t13-/m1/s1. The molecule has 112 valence electrons. The van der Waals surface area contributed by atoms with Gasteiger partial charge < -0.3 is 5.32 Å². The molecule has 6 nitrogen and oxygen atoms in total. The Kier molecular flexibility index (Phi) is 4.24. The molecule has 1 atom stereocenters. The molecule has 0 bridgehead atoms. The second-order valence-electron chi connectivity index (χ2n) is 4.79. The predicted molar refractivity (Wildman–Crippen MR) is 83.5 cm³/mol. The van der Waals surface area contributed by atoms with Crippen molar-refractivity contribution in [3.8, 4) is 0 Å². The highest BCUT2D eigenvalue weighted by molar-refractivity contribution is 7.11. The number of benzene rings is 1. The van der Waals surface area contributed by atoms with E-state index >= 15 is 0 Å². The molecule has 1 N–H and O–H groups in total. The normalized spacial score (nSPS) is 12.0. The Morgan fingerprint density at radius 3 is 2.64 bits per heavy atom. The van der Waals surface area contributed by atoms with Gasteiger partial charge in [-0.15, -0.1) is 11.3 Å². The SMILES string of the molecule is Cc1ncsc1C(=O)N[C@H](Cn1nccn1)c1ccccc1. The minimum Gasteiger partial charge on any atom is -0.343 e. The number of hydrogen-bond acceptors (Lipinski definition) is 5. The second kappa shape index (κ2) is 6.48. The van der Waals surface area contributed by atoms with Crippen molar-refractivity contribution in [2.24, 2.45) is 0 Å². The predicted octanol–water partition coefficient (Wildman–Crippen LogP) is 2.21. The first kappa shape index (κ1) is 14.4. The minimum absolute atomic E-state index is 0.124. The van der Waals surface area contributed by atoms with Crippen LogP contribution in [0.3, 0.4) is 0 Å². The lowest BCUT2D eigenvalue weighted by Gasteiger charge is -2.18. The fraction of sp³-hybridized carbons (Fsp3) is 0.200. The van der Waals surface area contributed by atoms with Crippen LogP contribution in [0.15, 0.2) is 48.2 Å². The van der Waals surface area contributed by atoms with Crippen LogP contribution in [-0.2, 0) is 6.54 Å². The van der Waals surface area contributed by atoms with Gasteiger partial charge in [0.1, 0.15) is 4.88 Å². The number of rotatable bonds is 5. The van der Waals surface area contributed by atoms with E-state index in [-0.39, 0.29) is 11.9 Å². The molecule has 22 heavy (non-hydrogen) atoms. The van der Waals surface area contributed by atoms with Gasteiger partial charge in [0.25, 0.3) is 5.91 Å². The summed E-state index contributed by atoms with van der Waals surface area (Å²) in [4.78, 5) is 18.8. The first-order chi connectivity index (χ1) is 10.7. The molecule has 0 radical (unpaired) electrons. The Hall–Kier alpha value is -2.54. The van der Waals surface area contributed by atoms with Crippen LogP contribution in [0.1, 0.15) is 27.0 Å². The Morgan fingerprint density at radius 1 is 1.27 bits per heavy atom. The average molecular weight is 313 g/mol. The number of aryl methyl sites for hydroxylation is 1.